The fraction of sp³-hybridized carbons (Fsp3) is 0.440. The van der Waals surface area contributed by atoms with Crippen molar-refractivity contribution in [2.45, 2.75) is 51.9 Å². The van der Waals surface area contributed by atoms with Gasteiger partial charge in [-0.15, -0.1) is 0 Å². The van der Waals surface area contributed by atoms with Crippen LogP contribution < -0.4 is 4.74 Å². The predicted octanol–water partition coefficient (Wildman–Crippen LogP) is 5.60. The lowest BCUT2D eigenvalue weighted by Gasteiger charge is -2.27. The molecule has 0 amide bonds. The molecule has 0 saturated heterocycles. The number of fused-ring (bicyclic) bond motifs is 1. The second kappa shape index (κ2) is 7.20. The van der Waals surface area contributed by atoms with E-state index in [1.807, 2.05) is 31.2 Å². The van der Waals surface area contributed by atoms with Gasteiger partial charge >= 0.3 is 0 Å². The minimum atomic E-state index is -0.317. The number of ketones is 2. The molecule has 1 saturated carbocycles. The minimum absolute atomic E-state index is 0.0330. The molecule has 3 nitrogen and oxygen atoms in total. The maximum absolute atomic E-state index is 13.0. The summed E-state index contributed by atoms with van der Waals surface area (Å²) < 4.78 is 6.13. The number of hydrogen-bond donors (Lipinski definition) is 0. The molecule has 3 atom stereocenters. The molecule has 0 N–H and O–H groups in total. The van der Waals surface area contributed by atoms with E-state index >= 15 is 0 Å². The van der Waals surface area contributed by atoms with Crippen molar-refractivity contribution >= 4 is 11.6 Å². The topological polar surface area (TPSA) is 43.4 Å². The number of ether oxygens (including phenoxy) is 1. The number of rotatable bonds is 7. The Morgan fingerprint density at radius 2 is 1.82 bits per heavy atom. The quantitative estimate of drug-likeness (QED) is 0.591. The van der Waals surface area contributed by atoms with Gasteiger partial charge in [0.25, 0.3) is 0 Å². The summed E-state index contributed by atoms with van der Waals surface area (Å²) in [6.07, 6.45) is 2.95. The van der Waals surface area contributed by atoms with Crippen LogP contribution in [0.2, 0.25) is 0 Å². The molecule has 1 heterocycles. The van der Waals surface area contributed by atoms with E-state index in [4.69, 9.17) is 4.74 Å². The van der Waals surface area contributed by atoms with Crippen molar-refractivity contribution in [3.63, 3.8) is 0 Å². The number of carbonyl (C=O) groups is 2. The van der Waals surface area contributed by atoms with Gasteiger partial charge in [0.1, 0.15) is 12.4 Å². The van der Waals surface area contributed by atoms with Gasteiger partial charge in [0.2, 0.25) is 0 Å². The lowest BCUT2D eigenvalue weighted by atomic mass is 9.73. The van der Waals surface area contributed by atoms with E-state index in [1.54, 1.807) is 6.07 Å². The molecule has 28 heavy (non-hydrogen) atoms. The summed E-state index contributed by atoms with van der Waals surface area (Å²) in [7, 11) is 0. The molecule has 1 aliphatic carbocycles. The Morgan fingerprint density at radius 3 is 2.43 bits per heavy atom. The minimum Gasteiger partial charge on any atom is -0.491 e. The van der Waals surface area contributed by atoms with Crippen molar-refractivity contribution in [2.24, 2.45) is 11.8 Å². The van der Waals surface area contributed by atoms with Gasteiger partial charge in [-0.2, -0.15) is 0 Å². The molecule has 0 aromatic heterocycles. The Labute approximate surface area is 167 Å². The molecule has 3 heteroatoms. The third-order valence-corrected chi connectivity index (χ3v) is 6.66. The van der Waals surface area contributed by atoms with Gasteiger partial charge in [-0.3, -0.25) is 9.59 Å². The zero-order valence-corrected chi connectivity index (χ0v) is 17.0. The monoisotopic (exact) mass is 376 g/mol. The molecule has 1 fully saturated rings. The number of hydrogen-bond acceptors (Lipinski definition) is 3. The Bertz CT molecular complexity index is 915. The van der Waals surface area contributed by atoms with Crippen molar-refractivity contribution in [1.29, 1.82) is 0 Å². The first-order valence-electron chi connectivity index (χ1n) is 10.4. The van der Waals surface area contributed by atoms with E-state index in [0.717, 1.165) is 18.4 Å². The van der Waals surface area contributed by atoms with E-state index < -0.39 is 0 Å². The van der Waals surface area contributed by atoms with E-state index in [2.05, 4.69) is 26.0 Å². The number of benzene rings is 2. The first-order valence-corrected chi connectivity index (χ1v) is 10.4. The number of carbonyl (C=O) groups excluding carboxylic acids is 2. The highest BCUT2D eigenvalue weighted by atomic mass is 16.5. The van der Waals surface area contributed by atoms with Crippen molar-refractivity contribution in [3.05, 3.63) is 64.7 Å². The standard InChI is InChI=1S/C25H28O3/c1-4-22(26)20-12-18(23(27)14-17-11-16(17)3)13-21-24(20)28-15-25(21,5-2)19-9-7-6-8-10-19/h6-10,12-13,16-17H,4-5,11,14-15H2,1-3H3/t16-,17+,25-/m0/s1. The van der Waals surface area contributed by atoms with Crippen LogP contribution in [0.15, 0.2) is 42.5 Å². The molecule has 2 aromatic carbocycles. The third-order valence-electron chi connectivity index (χ3n) is 6.66. The summed E-state index contributed by atoms with van der Waals surface area (Å²) >= 11 is 0. The zero-order valence-electron chi connectivity index (χ0n) is 17.0. The summed E-state index contributed by atoms with van der Waals surface area (Å²) in [5, 5.41) is 0. The van der Waals surface area contributed by atoms with Crippen LogP contribution >= 0.6 is 0 Å². The third kappa shape index (κ3) is 3.07. The highest BCUT2D eigenvalue weighted by Crippen LogP contribution is 2.48. The lowest BCUT2D eigenvalue weighted by Crippen LogP contribution is -2.28. The summed E-state index contributed by atoms with van der Waals surface area (Å²) in [6, 6.07) is 14.1. The Morgan fingerprint density at radius 1 is 1.11 bits per heavy atom. The molecule has 1 aliphatic heterocycles. The maximum Gasteiger partial charge on any atom is 0.166 e. The van der Waals surface area contributed by atoms with Gasteiger partial charge in [-0.05, 0) is 42.4 Å². The zero-order chi connectivity index (χ0) is 19.9. The van der Waals surface area contributed by atoms with Crippen LogP contribution in [0.4, 0.5) is 0 Å². The Hall–Kier alpha value is -2.42. The van der Waals surface area contributed by atoms with Crippen molar-refractivity contribution in [2.75, 3.05) is 6.61 Å². The van der Waals surface area contributed by atoms with Crippen LogP contribution in [0.1, 0.15) is 78.3 Å². The van der Waals surface area contributed by atoms with Gasteiger partial charge < -0.3 is 4.74 Å². The normalized spacial score (nSPS) is 25.1. The van der Waals surface area contributed by atoms with E-state index in [9.17, 15) is 9.59 Å². The van der Waals surface area contributed by atoms with Crippen LogP contribution in [0, 0.1) is 11.8 Å². The molecular formula is C25H28O3. The van der Waals surface area contributed by atoms with Crippen LogP contribution in [-0.2, 0) is 5.41 Å². The molecule has 0 spiro atoms. The molecule has 0 bridgehead atoms. The summed E-state index contributed by atoms with van der Waals surface area (Å²) in [5.74, 6) is 1.98. The van der Waals surface area contributed by atoms with E-state index in [0.29, 0.717) is 48.2 Å². The molecule has 0 unspecified atom stereocenters. The van der Waals surface area contributed by atoms with Crippen molar-refractivity contribution < 1.29 is 14.3 Å². The number of Topliss-reactive ketones (excluding diaryl/α,β-unsaturated/α-hetero) is 2. The van der Waals surface area contributed by atoms with Crippen molar-refractivity contribution in [1.82, 2.24) is 0 Å². The molecule has 2 aliphatic rings. The summed E-state index contributed by atoms with van der Waals surface area (Å²) in [5.41, 5.74) is 3.08. The smallest absolute Gasteiger partial charge is 0.166 e. The van der Waals surface area contributed by atoms with Gasteiger partial charge in [0.15, 0.2) is 11.6 Å². The Kier molecular flexibility index (Phi) is 4.86. The van der Waals surface area contributed by atoms with Gasteiger partial charge in [-0.1, -0.05) is 51.1 Å². The average Bonchev–Trinajstić information content (AvgIpc) is 3.28. The molecule has 0 radical (unpaired) electrons. The molecular weight excluding hydrogens is 348 g/mol. The SMILES string of the molecule is CCC(=O)c1cc(C(=O)C[C@H]2C[C@@H]2C)cc2c1OC[C@@]2(CC)c1ccccc1. The van der Waals surface area contributed by atoms with E-state index in [-0.39, 0.29) is 17.0 Å². The first-order chi connectivity index (χ1) is 13.5. The second-order valence-corrected chi connectivity index (χ2v) is 8.37. The molecule has 2 aromatic rings. The largest absolute Gasteiger partial charge is 0.491 e. The first kappa shape index (κ1) is 18.9. The summed E-state index contributed by atoms with van der Waals surface area (Å²) in [4.78, 5) is 25.7. The van der Waals surface area contributed by atoms with Gasteiger partial charge in [-0.25, -0.2) is 0 Å². The van der Waals surface area contributed by atoms with Crippen molar-refractivity contribution in [3.8, 4) is 5.75 Å². The summed E-state index contributed by atoms with van der Waals surface area (Å²) in [6.45, 7) is 6.70. The predicted molar refractivity (Wildman–Crippen MR) is 110 cm³/mol. The molecule has 4 rings (SSSR count). The Balaban J connectivity index is 1.84. The van der Waals surface area contributed by atoms with Crippen LogP contribution in [-0.4, -0.2) is 18.2 Å². The van der Waals surface area contributed by atoms with Gasteiger partial charge in [0.05, 0.1) is 11.0 Å². The van der Waals surface area contributed by atoms with Crippen LogP contribution in [0.25, 0.3) is 0 Å². The fourth-order valence-corrected chi connectivity index (χ4v) is 4.50. The maximum atomic E-state index is 13.0. The lowest BCUT2D eigenvalue weighted by molar-refractivity contribution is 0.0974. The molecule has 146 valence electrons. The highest BCUT2D eigenvalue weighted by Gasteiger charge is 2.43. The second-order valence-electron chi connectivity index (χ2n) is 8.37. The fourth-order valence-electron chi connectivity index (χ4n) is 4.50. The van der Waals surface area contributed by atoms with E-state index in [1.165, 1.54) is 5.56 Å². The average molecular weight is 376 g/mol. The highest BCUT2D eigenvalue weighted by molar-refractivity contribution is 6.04. The van der Waals surface area contributed by atoms with Gasteiger partial charge in [0, 0.05) is 24.0 Å². The van der Waals surface area contributed by atoms with Crippen LogP contribution in [0.3, 0.4) is 0 Å². The van der Waals surface area contributed by atoms with Crippen LogP contribution in [0.5, 0.6) is 5.75 Å².